The van der Waals surface area contributed by atoms with Gasteiger partial charge in [-0.05, 0) is 37.1 Å². The number of hydrogen-bond acceptors (Lipinski definition) is 3. The molecule has 0 fully saturated rings. The van der Waals surface area contributed by atoms with Crippen molar-refractivity contribution < 1.29 is 4.74 Å². The zero-order chi connectivity index (χ0) is 14.7. The lowest BCUT2D eigenvalue weighted by Crippen LogP contribution is -2.27. The molecule has 3 heteroatoms. The number of ether oxygens (including phenoxy) is 1. The fourth-order valence-electron chi connectivity index (χ4n) is 3.38. The summed E-state index contributed by atoms with van der Waals surface area (Å²) in [5.41, 5.74) is 3.86. The van der Waals surface area contributed by atoms with Crippen LogP contribution in [0.15, 0.2) is 42.6 Å². The summed E-state index contributed by atoms with van der Waals surface area (Å²) < 4.78 is 5.56. The highest BCUT2D eigenvalue weighted by Crippen LogP contribution is 2.42. The summed E-state index contributed by atoms with van der Waals surface area (Å²) in [6.45, 7) is 3.08. The number of hydrogen-bond donors (Lipinski definition) is 1. The Bertz CT molecular complexity index is 612. The summed E-state index contributed by atoms with van der Waals surface area (Å²) in [5, 5.41) is 3.64. The predicted octanol–water partition coefficient (Wildman–Crippen LogP) is 3.47. The van der Waals surface area contributed by atoms with Gasteiger partial charge in [-0.25, -0.2) is 0 Å². The first-order valence-corrected chi connectivity index (χ1v) is 7.65. The Morgan fingerprint density at radius 2 is 2.14 bits per heavy atom. The molecular weight excluding hydrogens is 260 g/mol. The van der Waals surface area contributed by atoms with E-state index >= 15 is 0 Å². The highest BCUT2D eigenvalue weighted by Gasteiger charge is 2.32. The van der Waals surface area contributed by atoms with Crippen LogP contribution < -0.4 is 10.1 Å². The Morgan fingerprint density at radius 3 is 2.95 bits per heavy atom. The second kappa shape index (κ2) is 6.27. The summed E-state index contributed by atoms with van der Waals surface area (Å²) in [6, 6.07) is 12.8. The molecule has 0 saturated carbocycles. The molecule has 1 aromatic carbocycles. The van der Waals surface area contributed by atoms with Crippen molar-refractivity contribution in [3.05, 3.63) is 59.4 Å². The average Bonchev–Trinajstić information content (AvgIpc) is 2.96. The van der Waals surface area contributed by atoms with Gasteiger partial charge in [0.15, 0.2) is 0 Å². The molecule has 1 aliphatic rings. The van der Waals surface area contributed by atoms with Gasteiger partial charge in [0.1, 0.15) is 5.75 Å². The maximum absolute atomic E-state index is 5.56. The number of para-hydroxylation sites is 1. The van der Waals surface area contributed by atoms with Crippen LogP contribution in [0, 0.1) is 0 Å². The van der Waals surface area contributed by atoms with Crippen molar-refractivity contribution in [2.45, 2.75) is 31.7 Å². The van der Waals surface area contributed by atoms with Gasteiger partial charge in [0.05, 0.1) is 7.11 Å². The van der Waals surface area contributed by atoms with Crippen LogP contribution in [-0.2, 0) is 6.42 Å². The minimum atomic E-state index is 0.252. The smallest absolute Gasteiger partial charge is 0.123 e. The molecule has 0 saturated heterocycles. The zero-order valence-corrected chi connectivity index (χ0v) is 12.7. The number of benzene rings is 1. The number of likely N-dealkylation sites (N-methyl/N-ethyl adjacent to an activating group) is 1. The fourth-order valence-corrected chi connectivity index (χ4v) is 3.38. The monoisotopic (exact) mass is 282 g/mol. The van der Waals surface area contributed by atoms with Crippen LogP contribution in [0.2, 0.25) is 0 Å². The van der Waals surface area contributed by atoms with Gasteiger partial charge in [-0.1, -0.05) is 31.2 Å². The van der Waals surface area contributed by atoms with E-state index in [1.165, 1.54) is 16.8 Å². The van der Waals surface area contributed by atoms with Crippen LogP contribution in [0.4, 0.5) is 0 Å². The Morgan fingerprint density at radius 1 is 1.29 bits per heavy atom. The first-order valence-electron chi connectivity index (χ1n) is 7.65. The molecule has 3 rings (SSSR count). The lowest BCUT2D eigenvalue weighted by Gasteiger charge is -2.26. The number of aryl methyl sites for hydroxylation is 1. The van der Waals surface area contributed by atoms with E-state index in [0.29, 0.717) is 5.92 Å². The highest BCUT2D eigenvalue weighted by molar-refractivity contribution is 5.40. The van der Waals surface area contributed by atoms with Gasteiger partial charge in [0.2, 0.25) is 0 Å². The summed E-state index contributed by atoms with van der Waals surface area (Å²) in [7, 11) is 1.74. The first-order chi connectivity index (χ1) is 10.3. The number of pyridine rings is 1. The quantitative estimate of drug-likeness (QED) is 0.911. The number of aromatic nitrogens is 1. The van der Waals surface area contributed by atoms with Crippen molar-refractivity contribution in [3.63, 3.8) is 0 Å². The molecule has 0 aliphatic heterocycles. The van der Waals surface area contributed by atoms with Crippen molar-refractivity contribution >= 4 is 0 Å². The first kappa shape index (κ1) is 14.1. The summed E-state index contributed by atoms with van der Waals surface area (Å²) >= 11 is 0. The van der Waals surface area contributed by atoms with Crippen molar-refractivity contribution in [1.29, 1.82) is 0 Å². The number of fused-ring (bicyclic) bond motifs is 1. The molecule has 21 heavy (non-hydrogen) atoms. The molecule has 110 valence electrons. The van der Waals surface area contributed by atoms with Crippen molar-refractivity contribution in [3.8, 4) is 5.75 Å². The molecule has 0 amide bonds. The van der Waals surface area contributed by atoms with Gasteiger partial charge >= 0.3 is 0 Å². The molecular formula is C18H22N2O. The van der Waals surface area contributed by atoms with Crippen LogP contribution in [0.25, 0.3) is 0 Å². The van der Waals surface area contributed by atoms with Crippen LogP contribution in [0.3, 0.4) is 0 Å². The summed E-state index contributed by atoms with van der Waals surface area (Å²) in [4.78, 5) is 4.64. The second-order valence-corrected chi connectivity index (χ2v) is 5.47. The fraction of sp³-hybridized carbons (Fsp3) is 0.389. The molecule has 0 radical (unpaired) electrons. The van der Waals surface area contributed by atoms with Crippen molar-refractivity contribution in [1.82, 2.24) is 10.3 Å². The van der Waals surface area contributed by atoms with E-state index in [1.54, 1.807) is 7.11 Å². The van der Waals surface area contributed by atoms with E-state index in [4.69, 9.17) is 4.74 Å². The largest absolute Gasteiger partial charge is 0.496 e. The van der Waals surface area contributed by atoms with Gasteiger partial charge < -0.3 is 10.1 Å². The maximum Gasteiger partial charge on any atom is 0.123 e. The van der Waals surface area contributed by atoms with Gasteiger partial charge in [0, 0.05) is 29.4 Å². The van der Waals surface area contributed by atoms with Crippen LogP contribution in [0.1, 0.15) is 42.1 Å². The van der Waals surface area contributed by atoms with E-state index in [0.717, 1.165) is 25.1 Å². The molecule has 0 bridgehead atoms. The molecule has 1 heterocycles. The summed E-state index contributed by atoms with van der Waals surface area (Å²) in [5.74, 6) is 1.37. The number of nitrogens with zero attached hydrogens (tertiary/aromatic N) is 1. The Kier molecular flexibility index (Phi) is 4.20. The molecule has 1 aromatic heterocycles. The Balaban J connectivity index is 2.00. The molecule has 1 N–H and O–H groups in total. The lowest BCUT2D eigenvalue weighted by atomic mass is 9.90. The van der Waals surface area contributed by atoms with E-state index in [1.807, 2.05) is 24.4 Å². The molecule has 2 atom stereocenters. The molecule has 1 aliphatic carbocycles. The third-order valence-electron chi connectivity index (χ3n) is 4.30. The Labute approximate surface area is 126 Å². The van der Waals surface area contributed by atoms with Crippen LogP contribution in [-0.4, -0.2) is 18.6 Å². The van der Waals surface area contributed by atoms with E-state index < -0.39 is 0 Å². The minimum absolute atomic E-state index is 0.252. The van der Waals surface area contributed by atoms with Gasteiger partial charge in [-0.15, -0.1) is 0 Å². The van der Waals surface area contributed by atoms with Crippen molar-refractivity contribution in [2.24, 2.45) is 0 Å². The van der Waals surface area contributed by atoms with Crippen LogP contribution in [0.5, 0.6) is 5.75 Å². The predicted molar refractivity (Wildman–Crippen MR) is 84.7 cm³/mol. The number of rotatable bonds is 5. The van der Waals surface area contributed by atoms with E-state index in [2.05, 4.69) is 35.4 Å². The number of nitrogens with one attached hydrogen (secondary N) is 1. The zero-order valence-electron chi connectivity index (χ0n) is 12.7. The molecule has 2 aromatic rings. The molecule has 3 nitrogen and oxygen atoms in total. The SMILES string of the molecule is CCNC(c1ccccc1OC)C1CCc2cccnc21. The third kappa shape index (κ3) is 2.66. The van der Waals surface area contributed by atoms with Crippen LogP contribution >= 0.6 is 0 Å². The van der Waals surface area contributed by atoms with E-state index in [-0.39, 0.29) is 6.04 Å². The highest BCUT2D eigenvalue weighted by atomic mass is 16.5. The molecule has 0 spiro atoms. The molecule has 2 unspecified atom stereocenters. The minimum Gasteiger partial charge on any atom is -0.496 e. The standard InChI is InChI=1S/C18H22N2O/c1-3-19-18(14-8-4-5-9-16(14)21-2)15-11-10-13-7-6-12-20-17(13)15/h4-9,12,15,18-19H,3,10-11H2,1-2H3. The van der Waals surface area contributed by atoms with Gasteiger partial charge in [-0.2, -0.15) is 0 Å². The summed E-state index contributed by atoms with van der Waals surface area (Å²) in [6.07, 6.45) is 4.16. The average molecular weight is 282 g/mol. The second-order valence-electron chi connectivity index (χ2n) is 5.47. The van der Waals surface area contributed by atoms with Gasteiger partial charge in [0.25, 0.3) is 0 Å². The van der Waals surface area contributed by atoms with E-state index in [9.17, 15) is 0 Å². The number of methoxy groups -OCH3 is 1. The topological polar surface area (TPSA) is 34.1 Å². The van der Waals surface area contributed by atoms with Gasteiger partial charge in [-0.3, -0.25) is 4.98 Å². The lowest BCUT2D eigenvalue weighted by molar-refractivity contribution is 0.384. The maximum atomic E-state index is 5.56. The normalized spacial score (nSPS) is 18.3. The third-order valence-corrected chi connectivity index (χ3v) is 4.30. The van der Waals surface area contributed by atoms with Crippen molar-refractivity contribution in [2.75, 3.05) is 13.7 Å². The Hall–Kier alpha value is -1.87.